The molecule has 0 N–H and O–H groups in total. The zero-order valence-corrected chi connectivity index (χ0v) is 11.2. The summed E-state index contributed by atoms with van der Waals surface area (Å²) in [4.78, 5) is 12.7. The standard InChI is InChI=1S/C15H18OS/c1-4-8-15(13(3)16)12(2)11-17-14-9-6-5-7-10-14/h4-7,9-10H,1,8,11H2,2-3H3/b15-12+. The fourth-order valence-corrected chi connectivity index (χ4v) is 2.47. The number of carbonyl (C=O) groups is 1. The van der Waals surface area contributed by atoms with E-state index in [0.29, 0.717) is 6.42 Å². The lowest BCUT2D eigenvalue weighted by atomic mass is 10.0. The summed E-state index contributed by atoms with van der Waals surface area (Å²) < 4.78 is 0. The molecule has 17 heavy (non-hydrogen) atoms. The summed E-state index contributed by atoms with van der Waals surface area (Å²) in [5.41, 5.74) is 2.04. The quantitative estimate of drug-likeness (QED) is 0.424. The van der Waals surface area contributed by atoms with Gasteiger partial charge in [-0.1, -0.05) is 29.8 Å². The fourth-order valence-electron chi connectivity index (χ4n) is 1.56. The van der Waals surface area contributed by atoms with Gasteiger partial charge in [-0.3, -0.25) is 4.79 Å². The van der Waals surface area contributed by atoms with Crippen LogP contribution in [0.3, 0.4) is 0 Å². The van der Waals surface area contributed by atoms with E-state index in [1.54, 1.807) is 24.8 Å². The highest BCUT2D eigenvalue weighted by Crippen LogP contribution is 2.22. The molecule has 0 amide bonds. The van der Waals surface area contributed by atoms with Crippen LogP contribution in [0, 0.1) is 0 Å². The molecule has 90 valence electrons. The van der Waals surface area contributed by atoms with Gasteiger partial charge in [-0.25, -0.2) is 0 Å². The smallest absolute Gasteiger partial charge is 0.156 e. The van der Waals surface area contributed by atoms with Crippen LogP contribution in [-0.2, 0) is 4.79 Å². The number of hydrogen-bond donors (Lipinski definition) is 0. The van der Waals surface area contributed by atoms with E-state index in [9.17, 15) is 4.79 Å². The maximum absolute atomic E-state index is 11.5. The predicted octanol–water partition coefficient (Wildman–Crippen LogP) is 4.26. The molecule has 1 aromatic carbocycles. The molecule has 1 nitrogen and oxygen atoms in total. The second kappa shape index (κ2) is 7.13. The Morgan fingerprint density at radius 1 is 1.29 bits per heavy atom. The van der Waals surface area contributed by atoms with Gasteiger partial charge >= 0.3 is 0 Å². The lowest BCUT2D eigenvalue weighted by Gasteiger charge is -2.07. The number of hydrogen-bond acceptors (Lipinski definition) is 2. The third kappa shape index (κ3) is 4.61. The van der Waals surface area contributed by atoms with Gasteiger partial charge in [0.15, 0.2) is 5.78 Å². The molecule has 0 unspecified atom stereocenters. The molecular formula is C15H18OS. The minimum Gasteiger partial charge on any atom is -0.295 e. The average Bonchev–Trinajstić information content (AvgIpc) is 2.34. The van der Waals surface area contributed by atoms with E-state index in [4.69, 9.17) is 0 Å². The summed E-state index contributed by atoms with van der Waals surface area (Å²) in [7, 11) is 0. The molecule has 0 aliphatic carbocycles. The zero-order valence-electron chi connectivity index (χ0n) is 10.4. The summed E-state index contributed by atoms with van der Waals surface area (Å²) in [6.45, 7) is 7.33. The minimum absolute atomic E-state index is 0.149. The molecule has 0 aromatic heterocycles. The van der Waals surface area contributed by atoms with Crippen LogP contribution < -0.4 is 0 Å². The Bertz CT molecular complexity index is 418. The number of thioether (sulfide) groups is 1. The van der Waals surface area contributed by atoms with Crippen LogP contribution in [0.25, 0.3) is 0 Å². The number of Topliss-reactive ketones (excluding diaryl/α,β-unsaturated/α-hetero) is 1. The van der Waals surface area contributed by atoms with Crippen LogP contribution in [0.2, 0.25) is 0 Å². The molecule has 1 rings (SSSR count). The average molecular weight is 246 g/mol. The van der Waals surface area contributed by atoms with Crippen LogP contribution in [0.15, 0.2) is 59.0 Å². The van der Waals surface area contributed by atoms with E-state index in [0.717, 1.165) is 16.9 Å². The number of rotatable bonds is 6. The molecule has 0 aliphatic heterocycles. The molecule has 0 bridgehead atoms. The van der Waals surface area contributed by atoms with Crippen LogP contribution in [0.1, 0.15) is 20.3 Å². The molecule has 0 heterocycles. The molecule has 0 fully saturated rings. The van der Waals surface area contributed by atoms with Crippen LogP contribution in [-0.4, -0.2) is 11.5 Å². The number of ketones is 1. The fraction of sp³-hybridized carbons (Fsp3) is 0.267. The Balaban J connectivity index is 2.69. The van der Waals surface area contributed by atoms with E-state index in [2.05, 4.69) is 18.7 Å². The highest BCUT2D eigenvalue weighted by atomic mass is 32.2. The van der Waals surface area contributed by atoms with E-state index in [1.807, 2.05) is 25.1 Å². The Labute approximate surface area is 108 Å². The van der Waals surface area contributed by atoms with Gasteiger partial charge in [-0.2, -0.15) is 0 Å². The largest absolute Gasteiger partial charge is 0.295 e. The maximum Gasteiger partial charge on any atom is 0.156 e. The van der Waals surface area contributed by atoms with Gasteiger partial charge in [-0.15, -0.1) is 18.3 Å². The Morgan fingerprint density at radius 2 is 1.94 bits per heavy atom. The minimum atomic E-state index is 0.149. The van der Waals surface area contributed by atoms with Gasteiger partial charge in [0.2, 0.25) is 0 Å². The van der Waals surface area contributed by atoms with Crippen molar-refractivity contribution < 1.29 is 4.79 Å². The predicted molar refractivity (Wildman–Crippen MR) is 75.4 cm³/mol. The van der Waals surface area contributed by atoms with Crippen molar-refractivity contribution in [2.45, 2.75) is 25.2 Å². The maximum atomic E-state index is 11.5. The van der Waals surface area contributed by atoms with Crippen molar-refractivity contribution in [2.75, 3.05) is 5.75 Å². The number of allylic oxidation sites excluding steroid dienone is 2. The summed E-state index contributed by atoms with van der Waals surface area (Å²) in [6.07, 6.45) is 2.45. The lowest BCUT2D eigenvalue weighted by molar-refractivity contribution is -0.113. The number of carbonyl (C=O) groups excluding carboxylic acids is 1. The van der Waals surface area contributed by atoms with Crippen molar-refractivity contribution in [3.8, 4) is 0 Å². The lowest BCUT2D eigenvalue weighted by Crippen LogP contribution is -2.01. The normalized spacial score (nSPS) is 11.9. The third-order valence-electron chi connectivity index (χ3n) is 2.49. The molecule has 0 aliphatic rings. The molecule has 1 aromatic rings. The molecule has 2 heteroatoms. The van der Waals surface area contributed by atoms with Crippen molar-refractivity contribution in [2.24, 2.45) is 0 Å². The summed E-state index contributed by atoms with van der Waals surface area (Å²) >= 11 is 1.76. The van der Waals surface area contributed by atoms with Gasteiger partial charge in [0, 0.05) is 10.6 Å². The van der Waals surface area contributed by atoms with Crippen molar-refractivity contribution in [1.82, 2.24) is 0 Å². The van der Waals surface area contributed by atoms with Crippen LogP contribution in [0.5, 0.6) is 0 Å². The van der Waals surface area contributed by atoms with Crippen molar-refractivity contribution >= 4 is 17.5 Å². The van der Waals surface area contributed by atoms with Crippen molar-refractivity contribution in [1.29, 1.82) is 0 Å². The molecule has 0 saturated carbocycles. The first-order valence-corrected chi connectivity index (χ1v) is 6.62. The van der Waals surface area contributed by atoms with Gasteiger partial charge in [0.25, 0.3) is 0 Å². The van der Waals surface area contributed by atoms with Gasteiger partial charge < -0.3 is 0 Å². The molecule has 0 radical (unpaired) electrons. The van der Waals surface area contributed by atoms with Crippen LogP contribution >= 0.6 is 11.8 Å². The van der Waals surface area contributed by atoms with E-state index in [-0.39, 0.29) is 5.78 Å². The highest BCUT2D eigenvalue weighted by Gasteiger charge is 2.06. The molecule has 0 spiro atoms. The van der Waals surface area contributed by atoms with Gasteiger partial charge in [-0.05, 0) is 38.0 Å². The van der Waals surface area contributed by atoms with E-state index >= 15 is 0 Å². The van der Waals surface area contributed by atoms with Crippen molar-refractivity contribution in [3.05, 3.63) is 54.1 Å². The first-order valence-electron chi connectivity index (χ1n) is 5.63. The molecular weight excluding hydrogens is 228 g/mol. The van der Waals surface area contributed by atoms with E-state index in [1.165, 1.54) is 4.90 Å². The highest BCUT2D eigenvalue weighted by molar-refractivity contribution is 7.99. The molecule has 0 atom stereocenters. The van der Waals surface area contributed by atoms with Gasteiger partial charge in [0.05, 0.1) is 0 Å². The zero-order chi connectivity index (χ0) is 12.7. The third-order valence-corrected chi connectivity index (χ3v) is 3.67. The second-order valence-corrected chi connectivity index (χ2v) is 4.96. The summed E-state index contributed by atoms with van der Waals surface area (Å²) in [6, 6.07) is 10.2. The van der Waals surface area contributed by atoms with Crippen LogP contribution in [0.4, 0.5) is 0 Å². The summed E-state index contributed by atoms with van der Waals surface area (Å²) in [5, 5.41) is 0. The van der Waals surface area contributed by atoms with E-state index < -0.39 is 0 Å². The topological polar surface area (TPSA) is 17.1 Å². The Kier molecular flexibility index (Phi) is 5.78. The molecule has 0 saturated heterocycles. The first-order chi connectivity index (χ1) is 8.15. The monoisotopic (exact) mass is 246 g/mol. The summed E-state index contributed by atoms with van der Waals surface area (Å²) in [5.74, 6) is 1.00. The Hall–Kier alpha value is -1.28. The second-order valence-electron chi connectivity index (χ2n) is 3.91. The van der Waals surface area contributed by atoms with Gasteiger partial charge in [0.1, 0.15) is 0 Å². The number of benzene rings is 1. The first kappa shape index (κ1) is 13.8. The SMILES string of the molecule is C=CC/C(C(C)=O)=C(/C)CSc1ccccc1. The Morgan fingerprint density at radius 3 is 2.47 bits per heavy atom. The van der Waals surface area contributed by atoms with Crippen molar-refractivity contribution in [3.63, 3.8) is 0 Å².